The molecule has 0 saturated heterocycles. The van der Waals surface area contributed by atoms with Crippen molar-refractivity contribution in [3.63, 3.8) is 0 Å². The van der Waals surface area contributed by atoms with E-state index < -0.39 is 0 Å². The van der Waals surface area contributed by atoms with E-state index in [4.69, 9.17) is 11.6 Å². The Morgan fingerprint density at radius 2 is 1.80 bits per heavy atom. The van der Waals surface area contributed by atoms with Gasteiger partial charge in [-0.15, -0.1) is 0 Å². The number of benzene rings is 2. The Kier molecular flexibility index (Phi) is 4.33. The third-order valence-electron chi connectivity index (χ3n) is 3.75. The minimum absolute atomic E-state index is 0.0134. The van der Waals surface area contributed by atoms with Crippen molar-refractivity contribution < 1.29 is 20.1 Å². The summed E-state index contributed by atoms with van der Waals surface area (Å²) in [7, 11) is 0. The summed E-state index contributed by atoms with van der Waals surface area (Å²) in [6.45, 7) is 1.46. The fourth-order valence-electron chi connectivity index (χ4n) is 2.50. The van der Waals surface area contributed by atoms with E-state index in [0.717, 1.165) is 0 Å². The molecule has 0 aliphatic rings. The van der Waals surface area contributed by atoms with Crippen LogP contribution in [0, 0.1) is 0 Å². The first-order chi connectivity index (χ1) is 11.9. The molecule has 1 aromatic heterocycles. The zero-order chi connectivity index (χ0) is 18.1. The molecule has 0 radical (unpaired) electrons. The molecule has 0 fully saturated rings. The molecule has 0 saturated carbocycles. The van der Waals surface area contributed by atoms with Crippen molar-refractivity contribution in [3.8, 4) is 17.2 Å². The standard InChI is InChI=1S/C19H14ClNO4/c1-10(22)13-6-7-16(23)18-14(13)5-4-12(21-18)3-2-11-8-15(20)19(25)17(24)9-11/h2-9,23-25H,1H3. The molecule has 5 nitrogen and oxygen atoms in total. The van der Waals surface area contributed by atoms with Gasteiger partial charge in [-0.3, -0.25) is 4.79 Å². The van der Waals surface area contributed by atoms with Crippen LogP contribution in [0.1, 0.15) is 28.5 Å². The fraction of sp³-hybridized carbons (Fsp3) is 0.0526. The number of phenolic OH excluding ortho intramolecular Hbond substituents is 3. The Bertz CT molecular complexity index is 1000. The predicted molar refractivity (Wildman–Crippen MR) is 97.1 cm³/mol. The lowest BCUT2D eigenvalue weighted by molar-refractivity contribution is 0.101. The molecule has 0 atom stereocenters. The second kappa shape index (κ2) is 6.45. The minimum Gasteiger partial charge on any atom is -0.506 e. The van der Waals surface area contributed by atoms with E-state index in [1.165, 1.54) is 25.1 Å². The van der Waals surface area contributed by atoms with Crippen LogP contribution < -0.4 is 0 Å². The van der Waals surface area contributed by atoms with E-state index in [-0.39, 0.29) is 28.1 Å². The Morgan fingerprint density at radius 1 is 1.04 bits per heavy atom. The Hall–Kier alpha value is -3.05. The van der Waals surface area contributed by atoms with Gasteiger partial charge in [0.25, 0.3) is 0 Å². The molecule has 126 valence electrons. The zero-order valence-electron chi connectivity index (χ0n) is 13.2. The number of Topliss-reactive ketones (excluding diaryl/α,β-unsaturated/α-hetero) is 1. The lowest BCUT2D eigenvalue weighted by atomic mass is 10.0. The maximum atomic E-state index is 11.7. The molecule has 0 unspecified atom stereocenters. The first kappa shape index (κ1) is 16.8. The summed E-state index contributed by atoms with van der Waals surface area (Å²) < 4.78 is 0. The number of ketones is 1. The van der Waals surface area contributed by atoms with Crippen molar-refractivity contribution in [1.29, 1.82) is 0 Å². The van der Waals surface area contributed by atoms with Crippen LogP contribution in [0.15, 0.2) is 36.4 Å². The van der Waals surface area contributed by atoms with Crippen LogP contribution in [-0.2, 0) is 0 Å². The maximum absolute atomic E-state index is 11.7. The SMILES string of the molecule is CC(=O)c1ccc(O)c2nc(C=Cc3cc(O)c(O)c(Cl)c3)ccc12. The van der Waals surface area contributed by atoms with Gasteiger partial charge in [-0.05, 0) is 55.0 Å². The summed E-state index contributed by atoms with van der Waals surface area (Å²) in [5.74, 6) is -0.809. The summed E-state index contributed by atoms with van der Waals surface area (Å²) in [5.41, 5.74) is 1.95. The van der Waals surface area contributed by atoms with Gasteiger partial charge < -0.3 is 15.3 Å². The van der Waals surface area contributed by atoms with Crippen molar-refractivity contribution in [2.45, 2.75) is 6.92 Å². The number of carbonyl (C=O) groups excluding carboxylic acids is 1. The van der Waals surface area contributed by atoms with Gasteiger partial charge in [-0.2, -0.15) is 0 Å². The van der Waals surface area contributed by atoms with Crippen LogP contribution in [0.25, 0.3) is 23.1 Å². The molecule has 25 heavy (non-hydrogen) atoms. The maximum Gasteiger partial charge on any atom is 0.176 e. The summed E-state index contributed by atoms with van der Waals surface area (Å²) in [6, 6.07) is 9.31. The van der Waals surface area contributed by atoms with Crippen molar-refractivity contribution in [2.75, 3.05) is 0 Å². The van der Waals surface area contributed by atoms with Crippen molar-refractivity contribution in [1.82, 2.24) is 4.98 Å². The van der Waals surface area contributed by atoms with E-state index in [1.807, 2.05) is 0 Å². The van der Waals surface area contributed by atoms with Crippen LogP contribution in [0.2, 0.25) is 5.02 Å². The van der Waals surface area contributed by atoms with Crippen molar-refractivity contribution in [2.24, 2.45) is 0 Å². The normalized spacial score (nSPS) is 11.3. The Balaban J connectivity index is 2.03. The number of fused-ring (bicyclic) bond motifs is 1. The van der Waals surface area contributed by atoms with E-state index in [9.17, 15) is 20.1 Å². The van der Waals surface area contributed by atoms with Crippen molar-refractivity contribution >= 4 is 40.4 Å². The van der Waals surface area contributed by atoms with Gasteiger partial charge in [-0.1, -0.05) is 17.7 Å². The largest absolute Gasteiger partial charge is 0.506 e. The van der Waals surface area contributed by atoms with Crippen molar-refractivity contribution in [3.05, 3.63) is 58.2 Å². The number of carbonyl (C=O) groups is 1. The van der Waals surface area contributed by atoms with E-state index >= 15 is 0 Å². The van der Waals surface area contributed by atoms with Crippen LogP contribution in [-0.4, -0.2) is 26.1 Å². The van der Waals surface area contributed by atoms with Crippen LogP contribution in [0.3, 0.4) is 0 Å². The van der Waals surface area contributed by atoms with Gasteiger partial charge >= 0.3 is 0 Å². The molecular formula is C19H14ClNO4. The third-order valence-corrected chi connectivity index (χ3v) is 4.04. The lowest BCUT2D eigenvalue weighted by Crippen LogP contribution is -1.95. The van der Waals surface area contributed by atoms with Crippen LogP contribution >= 0.6 is 11.6 Å². The van der Waals surface area contributed by atoms with Gasteiger partial charge in [0.15, 0.2) is 17.3 Å². The van der Waals surface area contributed by atoms with Crippen LogP contribution in [0.5, 0.6) is 17.2 Å². The number of nitrogens with zero attached hydrogens (tertiary/aromatic N) is 1. The first-order valence-corrected chi connectivity index (χ1v) is 7.78. The highest BCUT2D eigenvalue weighted by Crippen LogP contribution is 2.34. The van der Waals surface area contributed by atoms with Gasteiger partial charge in [0.2, 0.25) is 0 Å². The fourth-order valence-corrected chi connectivity index (χ4v) is 2.72. The lowest BCUT2D eigenvalue weighted by Gasteiger charge is -2.06. The Morgan fingerprint density at radius 3 is 2.48 bits per heavy atom. The molecule has 2 aromatic carbocycles. The molecule has 3 aromatic rings. The minimum atomic E-state index is -0.371. The number of aromatic nitrogens is 1. The van der Waals surface area contributed by atoms with Gasteiger partial charge in [-0.25, -0.2) is 4.98 Å². The molecule has 0 aliphatic carbocycles. The predicted octanol–water partition coefficient (Wildman–Crippen LogP) is 4.38. The second-order valence-electron chi connectivity index (χ2n) is 5.52. The van der Waals surface area contributed by atoms with E-state index in [0.29, 0.717) is 27.7 Å². The number of hydrogen-bond acceptors (Lipinski definition) is 5. The monoisotopic (exact) mass is 355 g/mol. The Labute approximate surface area is 148 Å². The second-order valence-corrected chi connectivity index (χ2v) is 5.93. The molecule has 0 spiro atoms. The van der Waals surface area contributed by atoms with Gasteiger partial charge in [0.1, 0.15) is 11.3 Å². The van der Waals surface area contributed by atoms with Gasteiger partial charge in [0.05, 0.1) is 10.7 Å². The number of rotatable bonds is 3. The average Bonchev–Trinajstić information content (AvgIpc) is 2.58. The van der Waals surface area contributed by atoms with E-state index in [2.05, 4.69) is 4.98 Å². The third kappa shape index (κ3) is 3.27. The average molecular weight is 356 g/mol. The summed E-state index contributed by atoms with van der Waals surface area (Å²) >= 11 is 5.82. The molecule has 3 N–H and O–H groups in total. The number of aromatic hydroxyl groups is 3. The molecule has 6 heteroatoms. The molecule has 1 heterocycles. The molecule has 3 rings (SSSR count). The highest BCUT2D eigenvalue weighted by molar-refractivity contribution is 6.32. The highest BCUT2D eigenvalue weighted by atomic mass is 35.5. The topological polar surface area (TPSA) is 90.7 Å². The van der Waals surface area contributed by atoms with Crippen LogP contribution in [0.4, 0.5) is 0 Å². The highest BCUT2D eigenvalue weighted by Gasteiger charge is 2.10. The van der Waals surface area contributed by atoms with Gasteiger partial charge in [0, 0.05) is 10.9 Å². The zero-order valence-corrected chi connectivity index (χ0v) is 13.9. The quantitative estimate of drug-likeness (QED) is 0.479. The molecule has 0 bridgehead atoms. The summed E-state index contributed by atoms with van der Waals surface area (Å²) in [6.07, 6.45) is 3.33. The van der Waals surface area contributed by atoms with E-state index in [1.54, 1.807) is 30.4 Å². The number of phenols is 3. The summed E-state index contributed by atoms with van der Waals surface area (Å²) in [4.78, 5) is 16.0. The first-order valence-electron chi connectivity index (χ1n) is 7.40. The number of pyridine rings is 1. The number of halogens is 1. The molecular weight excluding hydrogens is 342 g/mol. The number of hydrogen-bond donors (Lipinski definition) is 3. The summed E-state index contributed by atoms with van der Waals surface area (Å²) in [5, 5.41) is 29.7. The molecule has 0 aliphatic heterocycles. The smallest absolute Gasteiger partial charge is 0.176 e. The molecule has 0 amide bonds.